The molecule has 2 N–H and O–H groups in total. The zero-order chi connectivity index (χ0) is 12.5. The Balaban J connectivity index is 2.09. The predicted octanol–water partition coefficient (Wildman–Crippen LogP) is 1.88. The summed E-state index contributed by atoms with van der Waals surface area (Å²) < 4.78 is 4.27. The van der Waals surface area contributed by atoms with Gasteiger partial charge in [0.25, 0.3) is 0 Å². The molecule has 0 saturated carbocycles. The van der Waals surface area contributed by atoms with Crippen LogP contribution in [0.4, 0.5) is 0 Å². The summed E-state index contributed by atoms with van der Waals surface area (Å²) in [5, 5.41) is 1.24. The molecule has 0 unspecified atom stereocenters. The number of hydrogen-bond donors (Lipinski definition) is 1. The van der Waals surface area contributed by atoms with Crippen LogP contribution in [0.3, 0.4) is 0 Å². The molecule has 3 aromatic rings. The standard InChI is InChI=1S/C14H16N4/c1-17-10-16-7-12(17)9-18-8-11(6-15)13-4-2-3-5-14(13)18/h2-5,7-8,10H,6,9,15H2,1H3. The number of nitrogens with zero attached hydrogens (tertiary/aromatic N) is 3. The van der Waals surface area contributed by atoms with Crippen LogP contribution in [0, 0.1) is 0 Å². The molecule has 0 aliphatic heterocycles. The zero-order valence-corrected chi connectivity index (χ0v) is 10.4. The topological polar surface area (TPSA) is 48.8 Å². The van der Waals surface area contributed by atoms with Crippen LogP contribution < -0.4 is 5.73 Å². The van der Waals surface area contributed by atoms with E-state index in [9.17, 15) is 0 Å². The van der Waals surface area contributed by atoms with Gasteiger partial charge in [0.1, 0.15) is 0 Å². The number of aryl methyl sites for hydroxylation is 1. The van der Waals surface area contributed by atoms with Crippen molar-refractivity contribution in [2.24, 2.45) is 12.8 Å². The number of hydrogen-bond acceptors (Lipinski definition) is 2. The SMILES string of the molecule is Cn1cncc1Cn1cc(CN)c2ccccc21. The number of aromatic nitrogens is 3. The van der Waals surface area contributed by atoms with Gasteiger partial charge in [-0.25, -0.2) is 4.98 Å². The minimum atomic E-state index is 0.568. The molecule has 3 rings (SSSR count). The number of nitrogens with two attached hydrogens (primary N) is 1. The van der Waals surface area contributed by atoms with E-state index in [4.69, 9.17) is 5.73 Å². The number of imidazole rings is 1. The quantitative estimate of drug-likeness (QED) is 0.760. The molecule has 2 aromatic heterocycles. The Labute approximate surface area is 106 Å². The van der Waals surface area contributed by atoms with Crippen LogP contribution in [0.1, 0.15) is 11.3 Å². The molecule has 0 saturated heterocycles. The third-order valence-corrected chi connectivity index (χ3v) is 3.34. The van der Waals surface area contributed by atoms with Gasteiger partial charge in [0.2, 0.25) is 0 Å². The lowest BCUT2D eigenvalue weighted by atomic mass is 10.2. The molecule has 0 amide bonds. The van der Waals surface area contributed by atoms with Crippen molar-refractivity contribution in [3.05, 3.63) is 54.2 Å². The van der Waals surface area contributed by atoms with Crippen LogP contribution in [0.25, 0.3) is 10.9 Å². The Morgan fingerprint density at radius 2 is 2.11 bits per heavy atom. The van der Waals surface area contributed by atoms with Gasteiger partial charge in [0.05, 0.1) is 18.6 Å². The molecule has 1 aromatic carbocycles. The fourth-order valence-corrected chi connectivity index (χ4v) is 2.33. The monoisotopic (exact) mass is 240 g/mol. The average Bonchev–Trinajstić information content (AvgIpc) is 2.95. The van der Waals surface area contributed by atoms with Gasteiger partial charge < -0.3 is 14.9 Å². The second-order valence-electron chi connectivity index (χ2n) is 4.50. The maximum Gasteiger partial charge on any atom is 0.0946 e. The van der Waals surface area contributed by atoms with Gasteiger partial charge in [-0.15, -0.1) is 0 Å². The highest BCUT2D eigenvalue weighted by atomic mass is 15.1. The number of rotatable bonds is 3. The summed E-state index contributed by atoms with van der Waals surface area (Å²) in [6.45, 7) is 1.38. The summed E-state index contributed by atoms with van der Waals surface area (Å²) in [5.74, 6) is 0. The van der Waals surface area contributed by atoms with Gasteiger partial charge in [-0.05, 0) is 11.6 Å². The fourth-order valence-electron chi connectivity index (χ4n) is 2.33. The summed E-state index contributed by atoms with van der Waals surface area (Å²) in [4.78, 5) is 4.15. The lowest BCUT2D eigenvalue weighted by Crippen LogP contribution is -2.03. The van der Waals surface area contributed by atoms with Gasteiger partial charge in [-0.2, -0.15) is 0 Å². The summed E-state index contributed by atoms with van der Waals surface area (Å²) in [5.41, 5.74) is 9.39. The predicted molar refractivity (Wildman–Crippen MR) is 72.1 cm³/mol. The molecule has 0 bridgehead atoms. The highest BCUT2D eigenvalue weighted by Gasteiger charge is 2.08. The van der Waals surface area contributed by atoms with Crippen LogP contribution in [-0.2, 0) is 20.1 Å². The number of para-hydroxylation sites is 1. The molecule has 92 valence electrons. The number of benzene rings is 1. The third kappa shape index (κ3) is 1.71. The zero-order valence-electron chi connectivity index (χ0n) is 10.4. The molecule has 0 radical (unpaired) electrons. The third-order valence-electron chi connectivity index (χ3n) is 3.34. The van der Waals surface area contributed by atoms with Crippen molar-refractivity contribution in [2.45, 2.75) is 13.1 Å². The minimum Gasteiger partial charge on any atom is -0.341 e. The van der Waals surface area contributed by atoms with E-state index >= 15 is 0 Å². The lowest BCUT2D eigenvalue weighted by Gasteiger charge is -2.05. The maximum absolute atomic E-state index is 5.80. The first-order valence-corrected chi connectivity index (χ1v) is 6.01. The molecule has 0 atom stereocenters. The van der Waals surface area contributed by atoms with Crippen molar-refractivity contribution in [2.75, 3.05) is 0 Å². The van der Waals surface area contributed by atoms with Crippen molar-refractivity contribution < 1.29 is 0 Å². The Morgan fingerprint density at radius 3 is 2.83 bits per heavy atom. The van der Waals surface area contributed by atoms with Crippen molar-refractivity contribution in [1.82, 2.24) is 14.1 Å². The first-order chi connectivity index (χ1) is 8.79. The second-order valence-corrected chi connectivity index (χ2v) is 4.50. The van der Waals surface area contributed by atoms with E-state index in [1.54, 1.807) is 0 Å². The molecular weight excluding hydrogens is 224 g/mol. The average molecular weight is 240 g/mol. The Bertz CT molecular complexity index is 678. The first-order valence-electron chi connectivity index (χ1n) is 6.01. The van der Waals surface area contributed by atoms with E-state index in [1.165, 1.54) is 22.2 Å². The lowest BCUT2D eigenvalue weighted by molar-refractivity contribution is 0.741. The molecule has 2 heterocycles. The molecule has 0 fully saturated rings. The summed E-state index contributed by atoms with van der Waals surface area (Å²) in [6.07, 6.45) is 5.86. The van der Waals surface area contributed by atoms with Gasteiger partial charge in [-0.3, -0.25) is 0 Å². The van der Waals surface area contributed by atoms with E-state index < -0.39 is 0 Å². The Hall–Kier alpha value is -2.07. The largest absolute Gasteiger partial charge is 0.341 e. The van der Waals surface area contributed by atoms with Crippen LogP contribution in [0.2, 0.25) is 0 Å². The van der Waals surface area contributed by atoms with Gasteiger partial charge in [-0.1, -0.05) is 18.2 Å². The summed E-state index contributed by atoms with van der Waals surface area (Å²) in [6, 6.07) is 8.36. The summed E-state index contributed by atoms with van der Waals surface area (Å²) >= 11 is 0. The van der Waals surface area contributed by atoms with Crippen LogP contribution in [0.15, 0.2) is 43.0 Å². The van der Waals surface area contributed by atoms with Gasteiger partial charge in [0, 0.05) is 36.9 Å². The minimum absolute atomic E-state index is 0.568. The summed E-state index contributed by atoms with van der Waals surface area (Å²) in [7, 11) is 2.01. The highest BCUT2D eigenvalue weighted by molar-refractivity contribution is 5.84. The molecule has 18 heavy (non-hydrogen) atoms. The molecule has 4 nitrogen and oxygen atoms in total. The van der Waals surface area contributed by atoms with Crippen molar-refractivity contribution in [3.8, 4) is 0 Å². The Kier molecular flexibility index (Phi) is 2.64. The smallest absolute Gasteiger partial charge is 0.0946 e. The van der Waals surface area contributed by atoms with Crippen molar-refractivity contribution in [3.63, 3.8) is 0 Å². The molecule has 4 heteroatoms. The first kappa shape index (κ1) is 11.0. The van der Waals surface area contributed by atoms with Crippen LogP contribution >= 0.6 is 0 Å². The van der Waals surface area contributed by atoms with E-state index in [1.807, 2.05) is 24.1 Å². The van der Waals surface area contributed by atoms with Crippen LogP contribution in [0.5, 0.6) is 0 Å². The maximum atomic E-state index is 5.80. The normalized spacial score (nSPS) is 11.2. The van der Waals surface area contributed by atoms with Gasteiger partial charge in [0.15, 0.2) is 0 Å². The van der Waals surface area contributed by atoms with Crippen molar-refractivity contribution >= 4 is 10.9 Å². The van der Waals surface area contributed by atoms with E-state index in [2.05, 4.69) is 40.0 Å². The highest BCUT2D eigenvalue weighted by Crippen LogP contribution is 2.21. The number of fused-ring (bicyclic) bond motifs is 1. The van der Waals surface area contributed by atoms with Gasteiger partial charge >= 0.3 is 0 Å². The second kappa shape index (κ2) is 4.31. The van der Waals surface area contributed by atoms with Crippen molar-refractivity contribution in [1.29, 1.82) is 0 Å². The Morgan fingerprint density at radius 1 is 1.28 bits per heavy atom. The van der Waals surface area contributed by atoms with E-state index in [-0.39, 0.29) is 0 Å². The van der Waals surface area contributed by atoms with E-state index in [0.717, 1.165) is 6.54 Å². The molecule has 0 aliphatic rings. The molecular formula is C14H16N4. The fraction of sp³-hybridized carbons (Fsp3) is 0.214. The van der Waals surface area contributed by atoms with Crippen LogP contribution in [-0.4, -0.2) is 14.1 Å². The molecule has 0 spiro atoms. The van der Waals surface area contributed by atoms with E-state index in [0.29, 0.717) is 6.54 Å². The molecule has 0 aliphatic carbocycles.